The van der Waals surface area contributed by atoms with Gasteiger partial charge in [-0.25, -0.2) is 0 Å². The summed E-state index contributed by atoms with van der Waals surface area (Å²) in [7, 11) is 1.56. The van der Waals surface area contributed by atoms with E-state index < -0.39 is 10.3 Å². The van der Waals surface area contributed by atoms with E-state index in [1.54, 1.807) is 19.2 Å². The third kappa shape index (κ3) is 2.67. The minimum absolute atomic E-state index is 0.202. The van der Waals surface area contributed by atoms with Crippen LogP contribution in [0.5, 0.6) is 5.75 Å². The lowest BCUT2D eigenvalue weighted by Gasteiger charge is -2.09. The lowest BCUT2D eigenvalue weighted by molar-refractivity contribution is -0.117. The summed E-state index contributed by atoms with van der Waals surface area (Å²) >= 11 is 12.6. The molecule has 0 spiro atoms. The normalized spacial score (nSPS) is 22.0. The number of amides is 1. The smallest absolute Gasteiger partial charge is 0.231 e. The predicted molar refractivity (Wildman–Crippen MR) is 88.7 cm³/mol. The van der Waals surface area contributed by atoms with E-state index in [0.717, 1.165) is 5.56 Å². The van der Waals surface area contributed by atoms with Gasteiger partial charge < -0.3 is 10.1 Å². The molecule has 3 nitrogen and oxygen atoms in total. The van der Waals surface area contributed by atoms with Gasteiger partial charge >= 0.3 is 0 Å². The molecule has 1 fully saturated rings. The molecule has 3 rings (SSSR count). The van der Waals surface area contributed by atoms with E-state index in [2.05, 4.69) is 5.32 Å². The Labute approximate surface area is 139 Å². The maximum atomic E-state index is 12.5. The Kier molecular flexibility index (Phi) is 4.02. The molecule has 0 bridgehead atoms. The molecule has 0 unspecified atom stereocenters. The topological polar surface area (TPSA) is 38.3 Å². The Balaban J connectivity index is 1.79. The van der Waals surface area contributed by atoms with Gasteiger partial charge in [0.15, 0.2) is 0 Å². The first-order chi connectivity index (χ1) is 10.6. The van der Waals surface area contributed by atoms with Crippen LogP contribution in [-0.2, 0) is 4.79 Å². The van der Waals surface area contributed by atoms with Crippen molar-refractivity contribution in [2.45, 2.75) is 10.3 Å². The molecule has 114 valence electrons. The Morgan fingerprint density at radius 1 is 1.09 bits per heavy atom. The van der Waals surface area contributed by atoms with Gasteiger partial charge in [-0.1, -0.05) is 42.5 Å². The number of nitrogens with one attached hydrogen (secondary N) is 1. The third-order valence-electron chi connectivity index (χ3n) is 3.86. The summed E-state index contributed by atoms with van der Waals surface area (Å²) in [6.45, 7) is 0. The molecule has 0 heterocycles. The zero-order chi connectivity index (χ0) is 15.7. The van der Waals surface area contributed by atoms with Gasteiger partial charge in [0.1, 0.15) is 10.1 Å². The van der Waals surface area contributed by atoms with Crippen LogP contribution in [0.25, 0.3) is 0 Å². The van der Waals surface area contributed by atoms with E-state index in [9.17, 15) is 4.79 Å². The number of anilines is 1. The molecule has 2 atom stereocenters. The lowest BCUT2D eigenvalue weighted by Crippen LogP contribution is -2.17. The molecule has 0 aliphatic heterocycles. The second kappa shape index (κ2) is 5.82. The highest BCUT2D eigenvalue weighted by Crippen LogP contribution is 2.65. The van der Waals surface area contributed by atoms with Gasteiger partial charge in [0, 0.05) is 5.92 Å². The average Bonchev–Trinajstić information content (AvgIpc) is 3.11. The molecule has 1 N–H and O–H groups in total. The molecule has 1 aliphatic carbocycles. The maximum Gasteiger partial charge on any atom is 0.231 e. The SMILES string of the molecule is COc1ccccc1NC(=O)[C@@H]1[C@H](c2ccccc2)C1(Cl)Cl. The molecule has 2 aromatic carbocycles. The number of alkyl halides is 2. The fourth-order valence-corrected chi connectivity index (χ4v) is 3.51. The molecule has 5 heteroatoms. The first-order valence-electron chi connectivity index (χ1n) is 6.92. The first-order valence-corrected chi connectivity index (χ1v) is 7.68. The van der Waals surface area contributed by atoms with Crippen molar-refractivity contribution >= 4 is 34.8 Å². The summed E-state index contributed by atoms with van der Waals surface area (Å²) in [6.07, 6.45) is 0. The zero-order valence-corrected chi connectivity index (χ0v) is 13.4. The summed E-state index contributed by atoms with van der Waals surface area (Å²) < 4.78 is 4.15. The maximum absolute atomic E-state index is 12.5. The number of carbonyl (C=O) groups excluding carboxylic acids is 1. The Bertz CT molecular complexity index is 688. The second-order valence-electron chi connectivity index (χ2n) is 5.23. The van der Waals surface area contributed by atoms with E-state index in [0.29, 0.717) is 11.4 Å². The number of halogens is 2. The number of para-hydroxylation sites is 2. The van der Waals surface area contributed by atoms with Crippen LogP contribution in [0.1, 0.15) is 11.5 Å². The number of hydrogen-bond donors (Lipinski definition) is 1. The minimum atomic E-state index is -1.08. The molecule has 0 aromatic heterocycles. The van der Waals surface area contributed by atoms with Crippen LogP contribution in [0.15, 0.2) is 54.6 Å². The van der Waals surface area contributed by atoms with Crippen molar-refractivity contribution in [3.63, 3.8) is 0 Å². The highest BCUT2D eigenvalue weighted by atomic mass is 35.5. The van der Waals surface area contributed by atoms with Gasteiger partial charge in [-0.2, -0.15) is 0 Å². The number of methoxy groups -OCH3 is 1. The van der Waals surface area contributed by atoms with Crippen LogP contribution >= 0.6 is 23.2 Å². The monoisotopic (exact) mass is 335 g/mol. The van der Waals surface area contributed by atoms with Crippen molar-refractivity contribution in [3.8, 4) is 5.75 Å². The summed E-state index contributed by atoms with van der Waals surface area (Å²) in [6, 6.07) is 16.8. The van der Waals surface area contributed by atoms with Gasteiger partial charge in [-0.05, 0) is 17.7 Å². The Morgan fingerprint density at radius 2 is 1.73 bits per heavy atom. The Hall–Kier alpha value is -1.71. The molecule has 0 radical (unpaired) electrons. The van der Waals surface area contributed by atoms with Crippen molar-refractivity contribution in [2.24, 2.45) is 5.92 Å². The van der Waals surface area contributed by atoms with Crippen molar-refractivity contribution in [1.82, 2.24) is 0 Å². The van der Waals surface area contributed by atoms with Crippen LogP contribution in [0.2, 0.25) is 0 Å². The van der Waals surface area contributed by atoms with E-state index in [-0.39, 0.29) is 11.8 Å². The minimum Gasteiger partial charge on any atom is -0.495 e. The van der Waals surface area contributed by atoms with Gasteiger partial charge in [-0.3, -0.25) is 4.79 Å². The quantitative estimate of drug-likeness (QED) is 0.849. The summed E-state index contributed by atoms with van der Waals surface area (Å²) in [4.78, 5) is 12.5. The van der Waals surface area contributed by atoms with Gasteiger partial charge in [0.2, 0.25) is 5.91 Å². The van der Waals surface area contributed by atoms with Crippen LogP contribution in [0.3, 0.4) is 0 Å². The van der Waals surface area contributed by atoms with Crippen molar-refractivity contribution in [3.05, 3.63) is 60.2 Å². The van der Waals surface area contributed by atoms with E-state index >= 15 is 0 Å². The highest BCUT2D eigenvalue weighted by molar-refractivity contribution is 6.53. The third-order valence-corrected chi connectivity index (χ3v) is 4.80. The van der Waals surface area contributed by atoms with Gasteiger partial charge in [0.05, 0.1) is 18.7 Å². The second-order valence-corrected chi connectivity index (χ2v) is 6.67. The van der Waals surface area contributed by atoms with Crippen molar-refractivity contribution < 1.29 is 9.53 Å². The van der Waals surface area contributed by atoms with Crippen LogP contribution < -0.4 is 10.1 Å². The van der Waals surface area contributed by atoms with E-state index in [4.69, 9.17) is 27.9 Å². The Morgan fingerprint density at radius 3 is 2.41 bits per heavy atom. The average molecular weight is 336 g/mol. The molecule has 0 saturated heterocycles. The largest absolute Gasteiger partial charge is 0.495 e. The molecule has 1 aliphatic rings. The molecule has 1 amide bonds. The molecular formula is C17H15Cl2NO2. The molecule has 2 aromatic rings. The van der Waals surface area contributed by atoms with Gasteiger partial charge in [0.25, 0.3) is 0 Å². The van der Waals surface area contributed by atoms with E-state index in [1.165, 1.54) is 0 Å². The number of benzene rings is 2. The van der Waals surface area contributed by atoms with Gasteiger partial charge in [-0.15, -0.1) is 23.2 Å². The summed E-state index contributed by atoms with van der Waals surface area (Å²) in [5.74, 6) is -0.291. The standard InChI is InChI=1S/C17H15Cl2NO2/c1-22-13-10-6-5-9-12(13)20-16(21)15-14(17(15,18)19)11-7-3-2-4-8-11/h2-10,14-15H,1H3,(H,20,21)/t14-,15-/m0/s1. The molecule has 1 saturated carbocycles. The number of rotatable bonds is 4. The van der Waals surface area contributed by atoms with Crippen LogP contribution in [0.4, 0.5) is 5.69 Å². The summed E-state index contributed by atoms with van der Waals surface area (Å²) in [5, 5.41) is 2.85. The van der Waals surface area contributed by atoms with Crippen LogP contribution in [-0.4, -0.2) is 17.4 Å². The number of hydrogen-bond acceptors (Lipinski definition) is 2. The fourth-order valence-electron chi connectivity index (χ4n) is 2.69. The number of carbonyl (C=O) groups is 1. The fraction of sp³-hybridized carbons (Fsp3) is 0.235. The highest BCUT2D eigenvalue weighted by Gasteiger charge is 2.67. The van der Waals surface area contributed by atoms with E-state index in [1.807, 2.05) is 42.5 Å². The predicted octanol–water partition coefficient (Wildman–Crippen LogP) is 4.22. The van der Waals surface area contributed by atoms with Crippen molar-refractivity contribution in [2.75, 3.05) is 12.4 Å². The molecule has 22 heavy (non-hydrogen) atoms. The summed E-state index contributed by atoms with van der Waals surface area (Å²) in [5.41, 5.74) is 1.57. The first kappa shape index (κ1) is 15.2. The zero-order valence-electron chi connectivity index (χ0n) is 11.9. The van der Waals surface area contributed by atoms with Crippen molar-refractivity contribution in [1.29, 1.82) is 0 Å². The lowest BCUT2D eigenvalue weighted by atomic mass is 10.1. The number of ether oxygens (including phenoxy) is 1. The molecular weight excluding hydrogens is 321 g/mol. The van der Waals surface area contributed by atoms with Crippen LogP contribution in [0, 0.1) is 5.92 Å².